The highest BCUT2D eigenvalue weighted by Crippen LogP contribution is 2.29. The molecule has 0 bridgehead atoms. The van der Waals surface area contributed by atoms with Gasteiger partial charge < -0.3 is 20.1 Å². The molecule has 1 aromatic rings. The number of nitrogens with one attached hydrogen (secondary N) is 2. The topological polar surface area (TPSA) is 45.8 Å². The zero-order chi connectivity index (χ0) is 17.6. The van der Waals surface area contributed by atoms with Gasteiger partial charge in [0.2, 0.25) is 0 Å². The molecule has 0 spiro atoms. The lowest BCUT2D eigenvalue weighted by Gasteiger charge is -2.33. The molecule has 144 valence electrons. The summed E-state index contributed by atoms with van der Waals surface area (Å²) < 4.78 is 11.1. The van der Waals surface area contributed by atoms with E-state index in [0.717, 1.165) is 59.2 Å². The quantitative estimate of drug-likeness (QED) is 0.811. The Morgan fingerprint density at radius 1 is 1.00 bits per heavy atom. The van der Waals surface area contributed by atoms with Crippen LogP contribution < -0.4 is 10.6 Å². The Kier molecular flexibility index (Phi) is 6.57. The molecule has 2 heterocycles. The van der Waals surface area contributed by atoms with Gasteiger partial charge in [0.1, 0.15) is 0 Å². The zero-order valence-corrected chi connectivity index (χ0v) is 15.8. The smallest absolute Gasteiger partial charge is 0.0623 e. The maximum atomic E-state index is 5.68. The summed E-state index contributed by atoms with van der Waals surface area (Å²) in [4.78, 5) is 2.47. The van der Waals surface area contributed by atoms with E-state index in [2.05, 4.69) is 39.8 Å². The van der Waals surface area contributed by atoms with Gasteiger partial charge in [-0.05, 0) is 29.9 Å². The Morgan fingerprint density at radius 3 is 2.58 bits per heavy atom. The number of morpholine rings is 2. The average molecular weight is 360 g/mol. The first-order valence-corrected chi connectivity index (χ1v) is 10.3. The second-order valence-corrected chi connectivity index (χ2v) is 7.92. The standard InChI is InChI=1S/C21H33N3O2/c1-2-19(21-16-26-11-8-22-21)20(3-1)23-14-17-4-6-18(7-5-17)15-24-9-12-25-13-10-24/h4-7,19-23H,1-3,8-16H2. The van der Waals surface area contributed by atoms with Crippen molar-refractivity contribution >= 4 is 0 Å². The van der Waals surface area contributed by atoms with Gasteiger partial charge in [-0.15, -0.1) is 0 Å². The van der Waals surface area contributed by atoms with E-state index < -0.39 is 0 Å². The largest absolute Gasteiger partial charge is 0.379 e. The molecule has 0 radical (unpaired) electrons. The zero-order valence-electron chi connectivity index (χ0n) is 15.8. The van der Waals surface area contributed by atoms with Crippen LogP contribution in [0.15, 0.2) is 24.3 Å². The van der Waals surface area contributed by atoms with E-state index >= 15 is 0 Å². The molecule has 2 aliphatic heterocycles. The van der Waals surface area contributed by atoms with Crippen molar-refractivity contribution in [3.05, 3.63) is 35.4 Å². The fourth-order valence-corrected chi connectivity index (χ4v) is 4.61. The minimum Gasteiger partial charge on any atom is -0.379 e. The molecular weight excluding hydrogens is 326 g/mol. The summed E-state index contributed by atoms with van der Waals surface area (Å²) in [6.07, 6.45) is 3.94. The summed E-state index contributed by atoms with van der Waals surface area (Å²) in [7, 11) is 0. The second kappa shape index (κ2) is 9.29. The van der Waals surface area contributed by atoms with Crippen LogP contribution in [-0.4, -0.2) is 63.0 Å². The highest BCUT2D eigenvalue weighted by atomic mass is 16.5. The number of nitrogens with zero attached hydrogens (tertiary/aromatic N) is 1. The SMILES string of the molecule is c1cc(CN2CCOCC2)ccc1CNC1CCCC1C1COCCN1. The Bertz CT molecular complexity index is 539. The summed E-state index contributed by atoms with van der Waals surface area (Å²) in [5.74, 6) is 0.705. The minimum atomic E-state index is 0.527. The van der Waals surface area contributed by atoms with Crippen molar-refractivity contribution in [2.24, 2.45) is 5.92 Å². The third kappa shape index (κ3) is 4.84. The molecule has 3 atom stereocenters. The van der Waals surface area contributed by atoms with Gasteiger partial charge in [-0.2, -0.15) is 0 Å². The highest BCUT2D eigenvalue weighted by Gasteiger charge is 2.34. The van der Waals surface area contributed by atoms with Gasteiger partial charge in [0, 0.05) is 44.8 Å². The molecule has 3 aliphatic rings. The van der Waals surface area contributed by atoms with Crippen LogP contribution in [0.4, 0.5) is 0 Å². The van der Waals surface area contributed by atoms with Gasteiger partial charge in [-0.1, -0.05) is 30.7 Å². The second-order valence-electron chi connectivity index (χ2n) is 7.92. The lowest BCUT2D eigenvalue weighted by Crippen LogP contribution is -2.50. The van der Waals surface area contributed by atoms with Crippen LogP contribution in [0.5, 0.6) is 0 Å². The van der Waals surface area contributed by atoms with Crippen LogP contribution in [0.1, 0.15) is 30.4 Å². The van der Waals surface area contributed by atoms with Gasteiger partial charge in [-0.25, -0.2) is 0 Å². The third-order valence-corrected chi connectivity index (χ3v) is 6.14. The highest BCUT2D eigenvalue weighted by molar-refractivity contribution is 5.22. The molecule has 1 aliphatic carbocycles. The first-order valence-electron chi connectivity index (χ1n) is 10.3. The molecule has 2 saturated heterocycles. The predicted molar refractivity (Wildman–Crippen MR) is 103 cm³/mol. The van der Waals surface area contributed by atoms with Crippen LogP contribution in [-0.2, 0) is 22.6 Å². The molecule has 1 saturated carbocycles. The lowest BCUT2D eigenvalue weighted by atomic mass is 9.94. The molecule has 0 amide bonds. The van der Waals surface area contributed by atoms with Crippen molar-refractivity contribution in [3.8, 4) is 0 Å². The predicted octanol–water partition coefficient (Wildman–Crippen LogP) is 1.77. The Labute approximate surface area is 157 Å². The van der Waals surface area contributed by atoms with E-state index in [1.165, 1.54) is 30.4 Å². The van der Waals surface area contributed by atoms with Gasteiger partial charge in [-0.3, -0.25) is 4.90 Å². The molecular formula is C21H33N3O2. The third-order valence-electron chi connectivity index (χ3n) is 6.14. The summed E-state index contributed by atoms with van der Waals surface area (Å²) in [5.41, 5.74) is 2.78. The number of ether oxygens (including phenoxy) is 2. The van der Waals surface area contributed by atoms with Crippen LogP contribution >= 0.6 is 0 Å². The van der Waals surface area contributed by atoms with Crippen molar-refractivity contribution in [2.75, 3.05) is 46.1 Å². The number of rotatable bonds is 6. The van der Waals surface area contributed by atoms with Crippen LogP contribution in [0.3, 0.4) is 0 Å². The van der Waals surface area contributed by atoms with E-state index in [1.807, 2.05) is 0 Å². The van der Waals surface area contributed by atoms with Crippen LogP contribution in [0, 0.1) is 5.92 Å². The van der Waals surface area contributed by atoms with Gasteiger partial charge in [0.05, 0.1) is 26.4 Å². The number of hydrogen-bond acceptors (Lipinski definition) is 5. The summed E-state index contributed by atoms with van der Waals surface area (Å²) in [5, 5.41) is 7.48. The molecule has 2 N–H and O–H groups in total. The summed E-state index contributed by atoms with van der Waals surface area (Å²) in [6.45, 7) is 8.56. The average Bonchev–Trinajstić information content (AvgIpc) is 3.18. The van der Waals surface area contributed by atoms with E-state index in [-0.39, 0.29) is 0 Å². The van der Waals surface area contributed by atoms with E-state index in [1.54, 1.807) is 0 Å². The molecule has 3 unspecified atom stereocenters. The number of benzene rings is 1. The normalized spacial score (nSPS) is 30.5. The maximum absolute atomic E-state index is 5.68. The monoisotopic (exact) mass is 359 g/mol. The first-order chi connectivity index (χ1) is 12.9. The molecule has 5 nitrogen and oxygen atoms in total. The van der Waals surface area contributed by atoms with E-state index in [4.69, 9.17) is 9.47 Å². The Morgan fingerprint density at radius 2 is 1.81 bits per heavy atom. The molecule has 26 heavy (non-hydrogen) atoms. The van der Waals surface area contributed by atoms with Gasteiger partial charge >= 0.3 is 0 Å². The molecule has 4 rings (SSSR count). The maximum Gasteiger partial charge on any atom is 0.0623 e. The van der Waals surface area contributed by atoms with Crippen molar-refractivity contribution < 1.29 is 9.47 Å². The van der Waals surface area contributed by atoms with Crippen molar-refractivity contribution in [3.63, 3.8) is 0 Å². The van der Waals surface area contributed by atoms with Crippen molar-refractivity contribution in [1.29, 1.82) is 0 Å². The van der Waals surface area contributed by atoms with Crippen molar-refractivity contribution in [1.82, 2.24) is 15.5 Å². The lowest BCUT2D eigenvalue weighted by molar-refractivity contribution is 0.0342. The molecule has 1 aromatic carbocycles. The Hall–Kier alpha value is -0.980. The van der Waals surface area contributed by atoms with Gasteiger partial charge in [0.15, 0.2) is 0 Å². The first kappa shape index (κ1) is 18.4. The Balaban J connectivity index is 1.26. The van der Waals surface area contributed by atoms with E-state index in [0.29, 0.717) is 18.0 Å². The number of hydrogen-bond donors (Lipinski definition) is 2. The molecule has 0 aromatic heterocycles. The fraction of sp³-hybridized carbons (Fsp3) is 0.714. The van der Waals surface area contributed by atoms with Crippen LogP contribution in [0.25, 0.3) is 0 Å². The minimum absolute atomic E-state index is 0.527. The fourth-order valence-electron chi connectivity index (χ4n) is 4.61. The van der Waals surface area contributed by atoms with E-state index in [9.17, 15) is 0 Å². The summed E-state index contributed by atoms with van der Waals surface area (Å²) >= 11 is 0. The van der Waals surface area contributed by atoms with Crippen LogP contribution in [0.2, 0.25) is 0 Å². The molecule has 5 heteroatoms. The van der Waals surface area contributed by atoms with Gasteiger partial charge in [0.25, 0.3) is 0 Å². The molecule has 3 fully saturated rings. The van der Waals surface area contributed by atoms with Crippen molar-refractivity contribution in [2.45, 2.75) is 44.4 Å². The summed E-state index contributed by atoms with van der Waals surface area (Å²) in [6, 6.07) is 10.3.